The van der Waals surface area contributed by atoms with E-state index in [0.29, 0.717) is 25.3 Å². The maximum atomic E-state index is 12.4. The van der Waals surface area contributed by atoms with Crippen molar-refractivity contribution in [3.63, 3.8) is 0 Å². The minimum Gasteiger partial charge on any atom is -0.354 e. The number of amides is 1. The van der Waals surface area contributed by atoms with Crippen molar-refractivity contribution in [2.45, 2.75) is 67.2 Å². The monoisotopic (exact) mass is 266 g/mol. The molecule has 0 atom stereocenters. The molecule has 0 aromatic rings. The van der Waals surface area contributed by atoms with Crippen molar-refractivity contribution < 1.29 is 4.79 Å². The van der Waals surface area contributed by atoms with Gasteiger partial charge in [-0.3, -0.25) is 4.79 Å². The predicted molar refractivity (Wildman–Crippen MR) is 79.5 cm³/mol. The summed E-state index contributed by atoms with van der Waals surface area (Å²) in [6, 6.07) is 2.27. The van der Waals surface area contributed by atoms with Crippen LogP contribution in [0.3, 0.4) is 0 Å². The van der Waals surface area contributed by atoms with Gasteiger partial charge in [0.25, 0.3) is 0 Å². The third-order valence-corrected chi connectivity index (χ3v) is 4.27. The van der Waals surface area contributed by atoms with Crippen LogP contribution in [0.4, 0.5) is 0 Å². The highest BCUT2D eigenvalue weighted by atomic mass is 16.2. The Morgan fingerprint density at radius 1 is 1.21 bits per heavy atom. The Labute approximate surface area is 118 Å². The first-order valence-corrected chi connectivity index (χ1v) is 7.45. The zero-order valence-corrected chi connectivity index (χ0v) is 13.5. The quantitative estimate of drug-likeness (QED) is 0.724. The topological polar surface area (TPSA) is 52.9 Å². The Kier molecular flexibility index (Phi) is 7.11. The first-order valence-electron chi connectivity index (χ1n) is 7.45. The van der Waals surface area contributed by atoms with Crippen LogP contribution in [0, 0.1) is 28.1 Å². The zero-order valence-electron chi connectivity index (χ0n) is 13.5. The molecule has 0 aromatic heterocycles. The van der Waals surface area contributed by atoms with E-state index in [9.17, 15) is 10.1 Å². The number of nitriles is 1. The van der Waals surface area contributed by atoms with Crippen LogP contribution in [0.5, 0.6) is 0 Å². The van der Waals surface area contributed by atoms with Gasteiger partial charge in [0.2, 0.25) is 5.91 Å². The number of carbonyl (C=O) groups excluding carboxylic acids is 1. The molecule has 0 bridgehead atoms. The molecule has 110 valence electrons. The fourth-order valence-corrected chi connectivity index (χ4v) is 2.05. The molecule has 0 saturated heterocycles. The van der Waals surface area contributed by atoms with Crippen molar-refractivity contribution in [1.82, 2.24) is 5.32 Å². The molecule has 1 N–H and O–H groups in total. The summed E-state index contributed by atoms with van der Waals surface area (Å²) in [5.41, 5.74) is -0.786. The van der Waals surface area contributed by atoms with Crippen LogP contribution >= 0.6 is 0 Å². The van der Waals surface area contributed by atoms with Crippen molar-refractivity contribution in [1.29, 1.82) is 5.26 Å². The van der Waals surface area contributed by atoms with E-state index >= 15 is 0 Å². The first kappa shape index (κ1) is 18.0. The number of carbonyl (C=O) groups is 1. The van der Waals surface area contributed by atoms with Crippen LogP contribution in [0.15, 0.2) is 0 Å². The number of rotatable bonds is 8. The van der Waals surface area contributed by atoms with Crippen molar-refractivity contribution in [3.8, 4) is 6.07 Å². The minimum absolute atomic E-state index is 0.0509. The van der Waals surface area contributed by atoms with Crippen LogP contribution in [0.2, 0.25) is 0 Å². The second-order valence-corrected chi connectivity index (χ2v) is 6.52. The fourth-order valence-electron chi connectivity index (χ4n) is 2.05. The van der Waals surface area contributed by atoms with Crippen LogP contribution < -0.4 is 5.32 Å². The molecule has 0 unspecified atom stereocenters. The van der Waals surface area contributed by atoms with Crippen molar-refractivity contribution in [3.05, 3.63) is 0 Å². The molecule has 0 rings (SSSR count). The summed E-state index contributed by atoms with van der Waals surface area (Å²) in [6.45, 7) is 13.3. The maximum absolute atomic E-state index is 12.4. The molecule has 3 nitrogen and oxygen atoms in total. The van der Waals surface area contributed by atoms with Gasteiger partial charge in [-0.1, -0.05) is 54.4 Å². The molecule has 0 saturated carbocycles. The fraction of sp³-hybridized carbons (Fsp3) is 0.875. The predicted octanol–water partition coefficient (Wildman–Crippen LogP) is 3.89. The molecule has 0 spiro atoms. The van der Waals surface area contributed by atoms with E-state index < -0.39 is 5.41 Å². The third-order valence-electron chi connectivity index (χ3n) is 4.27. The Bertz CT molecular complexity index is 320. The van der Waals surface area contributed by atoms with Gasteiger partial charge >= 0.3 is 0 Å². The SMILES string of the molecule is CCCC(C#N)(CCC)C(=O)NCC(C)(C)C(C)C. The summed E-state index contributed by atoms with van der Waals surface area (Å²) in [4.78, 5) is 12.4. The Balaban J connectivity index is 4.80. The highest BCUT2D eigenvalue weighted by Gasteiger charge is 2.37. The van der Waals surface area contributed by atoms with Crippen LogP contribution in [0.1, 0.15) is 67.2 Å². The van der Waals surface area contributed by atoms with Crippen LogP contribution in [0.25, 0.3) is 0 Å². The summed E-state index contributed by atoms with van der Waals surface area (Å²) in [5, 5.41) is 12.4. The largest absolute Gasteiger partial charge is 0.354 e. The number of hydrogen-bond acceptors (Lipinski definition) is 2. The summed E-state index contributed by atoms with van der Waals surface area (Å²) < 4.78 is 0. The highest BCUT2D eigenvalue weighted by molar-refractivity contribution is 5.85. The van der Waals surface area contributed by atoms with Gasteiger partial charge in [-0.05, 0) is 24.2 Å². The summed E-state index contributed by atoms with van der Waals surface area (Å²) >= 11 is 0. The highest BCUT2D eigenvalue weighted by Crippen LogP contribution is 2.30. The molecule has 0 heterocycles. The number of hydrogen-bond donors (Lipinski definition) is 1. The molecule has 0 aliphatic carbocycles. The average molecular weight is 266 g/mol. The van der Waals surface area contributed by atoms with E-state index in [4.69, 9.17) is 0 Å². The lowest BCUT2D eigenvalue weighted by molar-refractivity contribution is -0.129. The molecule has 19 heavy (non-hydrogen) atoms. The van der Waals surface area contributed by atoms with Crippen molar-refractivity contribution in [2.75, 3.05) is 6.54 Å². The smallest absolute Gasteiger partial charge is 0.240 e. The molecular weight excluding hydrogens is 236 g/mol. The standard InChI is InChI=1S/C16H30N2O/c1-7-9-16(11-17,10-8-2)14(19)18-12-15(5,6)13(3)4/h13H,7-10,12H2,1-6H3,(H,18,19). The van der Waals surface area contributed by atoms with E-state index in [1.165, 1.54) is 0 Å². The maximum Gasteiger partial charge on any atom is 0.240 e. The number of nitrogens with one attached hydrogen (secondary N) is 1. The molecule has 1 amide bonds. The van der Waals surface area contributed by atoms with E-state index in [0.717, 1.165) is 12.8 Å². The normalized spacial score (nSPS) is 12.3. The Morgan fingerprint density at radius 2 is 1.68 bits per heavy atom. The first-order chi connectivity index (χ1) is 8.75. The Hall–Kier alpha value is -1.04. The van der Waals surface area contributed by atoms with Gasteiger partial charge in [0.05, 0.1) is 6.07 Å². The van der Waals surface area contributed by atoms with Gasteiger partial charge in [-0.15, -0.1) is 0 Å². The summed E-state index contributed by atoms with van der Waals surface area (Å²) in [6.07, 6.45) is 3.00. The van der Waals surface area contributed by atoms with Crippen LogP contribution in [-0.4, -0.2) is 12.5 Å². The van der Waals surface area contributed by atoms with Gasteiger partial charge in [-0.25, -0.2) is 0 Å². The molecule has 3 heteroatoms. The third kappa shape index (κ3) is 4.86. The minimum atomic E-state index is -0.837. The van der Waals surface area contributed by atoms with E-state index in [1.54, 1.807) is 0 Å². The average Bonchev–Trinajstić information content (AvgIpc) is 2.35. The van der Waals surface area contributed by atoms with Gasteiger partial charge in [0.15, 0.2) is 0 Å². The van der Waals surface area contributed by atoms with Gasteiger partial charge in [-0.2, -0.15) is 5.26 Å². The molecular formula is C16H30N2O. The van der Waals surface area contributed by atoms with Crippen molar-refractivity contribution >= 4 is 5.91 Å². The van der Waals surface area contributed by atoms with Crippen LogP contribution in [-0.2, 0) is 4.79 Å². The molecule has 0 aliphatic heterocycles. The summed E-state index contributed by atoms with van der Waals surface area (Å²) in [5.74, 6) is 0.397. The van der Waals surface area contributed by atoms with Crippen molar-refractivity contribution in [2.24, 2.45) is 16.7 Å². The van der Waals surface area contributed by atoms with Gasteiger partial charge in [0, 0.05) is 6.54 Å². The molecule has 0 aromatic carbocycles. The lowest BCUT2D eigenvalue weighted by atomic mass is 9.78. The second kappa shape index (κ2) is 7.53. The second-order valence-electron chi connectivity index (χ2n) is 6.52. The number of nitrogens with zero attached hydrogens (tertiary/aromatic N) is 1. The lowest BCUT2D eigenvalue weighted by Gasteiger charge is -2.32. The van der Waals surface area contributed by atoms with E-state index in [-0.39, 0.29) is 11.3 Å². The summed E-state index contributed by atoms with van der Waals surface area (Å²) in [7, 11) is 0. The van der Waals surface area contributed by atoms with E-state index in [1.807, 2.05) is 13.8 Å². The van der Waals surface area contributed by atoms with Gasteiger partial charge < -0.3 is 5.32 Å². The molecule has 0 fully saturated rings. The Morgan fingerprint density at radius 3 is 2.00 bits per heavy atom. The van der Waals surface area contributed by atoms with E-state index in [2.05, 4.69) is 39.1 Å². The van der Waals surface area contributed by atoms with Gasteiger partial charge in [0.1, 0.15) is 5.41 Å². The molecule has 0 radical (unpaired) electrons. The zero-order chi connectivity index (χ0) is 15.1. The lowest BCUT2D eigenvalue weighted by Crippen LogP contribution is -2.45. The molecule has 0 aliphatic rings.